The second-order valence-electron chi connectivity index (χ2n) is 5.79. The van der Waals surface area contributed by atoms with E-state index in [1.807, 2.05) is 24.3 Å². The van der Waals surface area contributed by atoms with E-state index < -0.39 is 8.38 Å². The van der Waals surface area contributed by atoms with Crippen molar-refractivity contribution >= 4 is 14.2 Å². The van der Waals surface area contributed by atoms with E-state index in [9.17, 15) is 0 Å². The molecule has 0 bridgehead atoms. The fraction of sp³-hybridized carbons (Fsp3) is 0.438. The van der Waals surface area contributed by atoms with Gasteiger partial charge in [-0.15, -0.1) is 0 Å². The predicted octanol–water partition coefficient (Wildman–Crippen LogP) is 2.44. The maximum atomic E-state index is 9.04. The van der Waals surface area contributed by atoms with Gasteiger partial charge in [-0.2, -0.15) is 0 Å². The average Bonchev–Trinajstić information content (AvgIpc) is 2.61. The summed E-state index contributed by atoms with van der Waals surface area (Å²) in [7, 11) is -1.75. The van der Waals surface area contributed by atoms with E-state index in [1.54, 1.807) is 12.5 Å². The highest BCUT2D eigenvalue weighted by molar-refractivity contribution is 7.45. The van der Waals surface area contributed by atoms with Gasteiger partial charge in [0.25, 0.3) is 0 Å². The minimum absolute atomic E-state index is 0.525. The molecule has 0 radical (unpaired) electrons. The van der Waals surface area contributed by atoms with Gasteiger partial charge in [-0.1, -0.05) is 6.07 Å². The van der Waals surface area contributed by atoms with Gasteiger partial charge in [-0.3, -0.25) is 4.98 Å². The first-order valence-corrected chi connectivity index (χ1v) is 9.29. The Balaban J connectivity index is 1.63. The molecule has 3 rings (SSSR count). The summed E-state index contributed by atoms with van der Waals surface area (Å²) >= 11 is 0. The molecule has 0 atom stereocenters. The van der Waals surface area contributed by atoms with E-state index in [4.69, 9.17) is 9.79 Å². The third-order valence-corrected chi connectivity index (χ3v) is 4.91. The molecule has 0 saturated carbocycles. The fourth-order valence-corrected chi connectivity index (χ4v) is 3.52. The minimum Gasteiger partial charge on any atom is -0.356 e. The summed E-state index contributed by atoms with van der Waals surface area (Å²) in [6, 6.07) is 7.78. The molecule has 1 saturated heterocycles. The van der Waals surface area contributed by atoms with Gasteiger partial charge in [0.15, 0.2) is 8.38 Å². The summed E-state index contributed by atoms with van der Waals surface area (Å²) < 4.78 is 0. The van der Waals surface area contributed by atoms with E-state index in [0.717, 1.165) is 49.6 Å². The number of hydrogen-bond acceptors (Lipinski definition) is 6. The van der Waals surface area contributed by atoms with Crippen molar-refractivity contribution in [3.8, 4) is 11.4 Å². The Labute approximate surface area is 137 Å². The molecule has 2 aromatic rings. The summed E-state index contributed by atoms with van der Waals surface area (Å²) in [5.41, 5.74) is 1.69. The highest BCUT2D eigenvalue weighted by Gasteiger charge is 2.21. The Hall–Kier alpha value is -1.62. The van der Waals surface area contributed by atoms with Crippen LogP contribution in [0.25, 0.3) is 11.4 Å². The molecular formula is C16H21N4O2P. The molecule has 0 aliphatic carbocycles. The maximum absolute atomic E-state index is 9.04. The Morgan fingerprint density at radius 3 is 2.61 bits per heavy atom. The molecule has 2 aromatic heterocycles. The number of aromatic nitrogens is 3. The number of hydrogen-bond donors (Lipinski definition) is 2. The second-order valence-corrected chi connectivity index (χ2v) is 6.98. The van der Waals surface area contributed by atoms with Gasteiger partial charge in [0.1, 0.15) is 12.1 Å². The molecule has 0 spiro atoms. The highest BCUT2D eigenvalue weighted by atomic mass is 31.2. The summed E-state index contributed by atoms with van der Waals surface area (Å²) in [5.74, 6) is 1.51. The Morgan fingerprint density at radius 1 is 1.09 bits per heavy atom. The maximum Gasteiger partial charge on any atom is 0.164 e. The van der Waals surface area contributed by atoms with Crippen LogP contribution in [-0.4, -0.2) is 44.0 Å². The smallest absolute Gasteiger partial charge is 0.164 e. The summed E-state index contributed by atoms with van der Waals surface area (Å²) in [6.07, 6.45) is 6.90. The number of pyridine rings is 1. The number of anilines is 1. The van der Waals surface area contributed by atoms with E-state index in [0.29, 0.717) is 12.1 Å². The van der Waals surface area contributed by atoms with Crippen molar-refractivity contribution < 1.29 is 9.79 Å². The standard InChI is InChI=1S/C16H21N4O2P/c21-23(22)10-6-13-4-8-20(9-5-13)16-11-15(18-12-19-16)14-3-1-2-7-17-14/h1-3,7,11-13,21-22H,4-6,8-10H2. The van der Waals surface area contributed by atoms with Crippen molar-refractivity contribution in [1.29, 1.82) is 0 Å². The number of piperidine rings is 1. The molecule has 122 valence electrons. The molecule has 1 aliphatic rings. The van der Waals surface area contributed by atoms with Crippen LogP contribution >= 0.6 is 8.38 Å². The van der Waals surface area contributed by atoms with Crippen molar-refractivity contribution in [3.63, 3.8) is 0 Å². The lowest BCUT2D eigenvalue weighted by molar-refractivity contribution is 0.386. The highest BCUT2D eigenvalue weighted by Crippen LogP contribution is 2.31. The van der Waals surface area contributed by atoms with Crippen LogP contribution in [0.2, 0.25) is 0 Å². The SMILES string of the molecule is OP(O)CCC1CCN(c2cc(-c3ccccn3)ncn2)CC1. The van der Waals surface area contributed by atoms with Crippen LogP contribution in [0.5, 0.6) is 0 Å². The van der Waals surface area contributed by atoms with Gasteiger partial charge in [-0.25, -0.2) is 9.97 Å². The lowest BCUT2D eigenvalue weighted by atomic mass is 9.94. The van der Waals surface area contributed by atoms with Crippen molar-refractivity contribution in [1.82, 2.24) is 15.0 Å². The zero-order chi connectivity index (χ0) is 16.1. The van der Waals surface area contributed by atoms with E-state index in [-0.39, 0.29) is 0 Å². The first-order valence-electron chi connectivity index (χ1n) is 7.86. The zero-order valence-corrected chi connectivity index (χ0v) is 13.8. The lowest BCUT2D eigenvalue weighted by Gasteiger charge is -2.32. The van der Waals surface area contributed by atoms with Gasteiger partial charge in [-0.05, 0) is 37.3 Å². The first kappa shape index (κ1) is 16.2. The van der Waals surface area contributed by atoms with E-state index in [1.165, 1.54) is 0 Å². The van der Waals surface area contributed by atoms with E-state index >= 15 is 0 Å². The molecule has 0 amide bonds. The van der Waals surface area contributed by atoms with Gasteiger partial charge < -0.3 is 14.7 Å². The molecule has 6 nitrogen and oxygen atoms in total. The van der Waals surface area contributed by atoms with Crippen LogP contribution in [-0.2, 0) is 0 Å². The van der Waals surface area contributed by atoms with E-state index in [2.05, 4.69) is 19.9 Å². The average molecular weight is 332 g/mol. The number of nitrogens with zero attached hydrogens (tertiary/aromatic N) is 4. The first-order chi connectivity index (χ1) is 11.2. The molecule has 0 aromatic carbocycles. The minimum atomic E-state index is -1.75. The summed E-state index contributed by atoms with van der Waals surface area (Å²) in [6.45, 7) is 1.89. The Bertz CT molecular complexity index is 618. The van der Waals surface area contributed by atoms with Crippen LogP contribution in [0.1, 0.15) is 19.3 Å². The zero-order valence-electron chi connectivity index (χ0n) is 12.9. The molecule has 2 N–H and O–H groups in total. The topological polar surface area (TPSA) is 82.4 Å². The van der Waals surface area contributed by atoms with Crippen molar-refractivity contribution in [2.45, 2.75) is 19.3 Å². The molecular weight excluding hydrogens is 311 g/mol. The molecule has 0 unspecified atom stereocenters. The van der Waals surface area contributed by atoms with Gasteiger partial charge in [0.2, 0.25) is 0 Å². The largest absolute Gasteiger partial charge is 0.356 e. The van der Waals surface area contributed by atoms with Gasteiger partial charge in [0, 0.05) is 31.5 Å². The molecule has 3 heterocycles. The molecule has 7 heteroatoms. The Kier molecular flexibility index (Phi) is 5.49. The molecule has 1 aliphatic heterocycles. The number of rotatable bonds is 5. The molecule has 23 heavy (non-hydrogen) atoms. The van der Waals surface area contributed by atoms with Crippen LogP contribution in [0, 0.1) is 5.92 Å². The van der Waals surface area contributed by atoms with Crippen molar-refractivity contribution in [2.24, 2.45) is 5.92 Å². The van der Waals surface area contributed by atoms with Crippen molar-refractivity contribution in [3.05, 3.63) is 36.8 Å². The van der Waals surface area contributed by atoms with Crippen molar-refractivity contribution in [2.75, 3.05) is 24.2 Å². The third kappa shape index (κ3) is 4.44. The lowest BCUT2D eigenvalue weighted by Crippen LogP contribution is -2.34. The molecule has 1 fully saturated rings. The summed E-state index contributed by atoms with van der Waals surface area (Å²) in [4.78, 5) is 33.4. The quantitative estimate of drug-likeness (QED) is 0.819. The van der Waals surface area contributed by atoms with Crippen LogP contribution < -0.4 is 4.90 Å². The fourth-order valence-electron chi connectivity index (χ4n) is 2.92. The predicted molar refractivity (Wildman–Crippen MR) is 91.0 cm³/mol. The van der Waals surface area contributed by atoms with Crippen LogP contribution in [0.4, 0.5) is 5.82 Å². The van der Waals surface area contributed by atoms with Crippen LogP contribution in [0.15, 0.2) is 36.8 Å². The second kappa shape index (κ2) is 7.77. The van der Waals surface area contributed by atoms with Gasteiger partial charge in [0.05, 0.1) is 11.4 Å². The van der Waals surface area contributed by atoms with Crippen LogP contribution in [0.3, 0.4) is 0 Å². The Morgan fingerprint density at radius 2 is 1.91 bits per heavy atom. The summed E-state index contributed by atoms with van der Waals surface area (Å²) in [5, 5.41) is 0. The monoisotopic (exact) mass is 332 g/mol. The normalized spacial score (nSPS) is 16.0. The van der Waals surface area contributed by atoms with Gasteiger partial charge >= 0.3 is 0 Å². The third-order valence-electron chi connectivity index (χ3n) is 4.26.